The van der Waals surface area contributed by atoms with Crippen LogP contribution in [0.15, 0.2) is 0 Å². The fraction of sp³-hybridized carbons (Fsp3) is 0.800. The Bertz CT molecular complexity index is 276. The minimum atomic E-state index is -0.555. The Morgan fingerprint density at radius 1 is 1.43 bits per heavy atom. The maximum absolute atomic E-state index is 11.9. The lowest BCUT2D eigenvalue weighted by Gasteiger charge is -2.31. The lowest BCUT2D eigenvalue weighted by molar-refractivity contribution is -0.139. The molecule has 4 nitrogen and oxygen atoms in total. The number of hydrogen-bond donors (Lipinski definition) is 0. The molecule has 0 atom stereocenters. The van der Waals surface area contributed by atoms with E-state index in [9.17, 15) is 9.59 Å². The van der Waals surface area contributed by atoms with Gasteiger partial charge in [0.05, 0.1) is 5.54 Å². The molecule has 0 spiro atoms. The highest BCUT2D eigenvalue weighted by molar-refractivity contribution is 5.96. The van der Waals surface area contributed by atoms with Crippen LogP contribution >= 0.6 is 0 Å². The summed E-state index contributed by atoms with van der Waals surface area (Å²) in [5.41, 5.74) is -1.08. The molecule has 1 heterocycles. The fourth-order valence-electron chi connectivity index (χ4n) is 1.31. The van der Waals surface area contributed by atoms with E-state index in [1.165, 1.54) is 4.90 Å². The summed E-state index contributed by atoms with van der Waals surface area (Å²) in [7, 11) is 0. The molecule has 1 fully saturated rings. The minimum absolute atomic E-state index is 0.190. The summed E-state index contributed by atoms with van der Waals surface area (Å²) in [6, 6.07) is 0. The van der Waals surface area contributed by atoms with Crippen molar-refractivity contribution in [2.75, 3.05) is 6.61 Å². The van der Waals surface area contributed by atoms with Crippen LogP contribution in [-0.4, -0.2) is 29.0 Å². The Balaban J connectivity index is 2.97. The predicted octanol–water partition coefficient (Wildman–Crippen LogP) is 1.79. The largest absolute Gasteiger partial charge is 0.447 e. The second-order valence-corrected chi connectivity index (χ2v) is 5.26. The third-order valence-electron chi connectivity index (χ3n) is 2.18. The monoisotopic (exact) mass is 199 g/mol. The van der Waals surface area contributed by atoms with Crippen molar-refractivity contribution in [3.63, 3.8) is 0 Å². The molecule has 0 saturated carbocycles. The number of hydrogen-bond acceptors (Lipinski definition) is 3. The first-order chi connectivity index (χ1) is 6.16. The van der Waals surface area contributed by atoms with E-state index in [4.69, 9.17) is 4.74 Å². The van der Waals surface area contributed by atoms with Crippen LogP contribution in [0.25, 0.3) is 0 Å². The van der Waals surface area contributed by atoms with Crippen molar-refractivity contribution in [1.29, 1.82) is 0 Å². The van der Waals surface area contributed by atoms with Gasteiger partial charge < -0.3 is 4.74 Å². The molecule has 0 aromatic heterocycles. The molecule has 1 rings (SSSR count). The van der Waals surface area contributed by atoms with E-state index in [1.807, 2.05) is 13.8 Å². The van der Waals surface area contributed by atoms with E-state index in [0.717, 1.165) is 0 Å². The van der Waals surface area contributed by atoms with E-state index in [0.29, 0.717) is 0 Å². The topological polar surface area (TPSA) is 46.6 Å². The van der Waals surface area contributed by atoms with Gasteiger partial charge in [0, 0.05) is 5.41 Å². The Hall–Kier alpha value is -1.06. The highest BCUT2D eigenvalue weighted by Gasteiger charge is 2.47. The number of ether oxygens (including phenoxy) is 1. The van der Waals surface area contributed by atoms with Gasteiger partial charge in [-0.05, 0) is 13.8 Å². The molecule has 0 aromatic carbocycles. The molecule has 1 aliphatic heterocycles. The molecule has 0 radical (unpaired) electrons. The second kappa shape index (κ2) is 2.97. The number of carbonyl (C=O) groups excluding carboxylic acids is 2. The molecule has 0 aliphatic carbocycles. The van der Waals surface area contributed by atoms with Gasteiger partial charge in [0.25, 0.3) is 0 Å². The Kier molecular flexibility index (Phi) is 2.34. The molecule has 14 heavy (non-hydrogen) atoms. The maximum Gasteiger partial charge on any atom is 0.417 e. The van der Waals surface area contributed by atoms with Crippen LogP contribution < -0.4 is 0 Å². The van der Waals surface area contributed by atoms with Crippen molar-refractivity contribution in [1.82, 2.24) is 4.90 Å². The van der Waals surface area contributed by atoms with E-state index in [2.05, 4.69) is 0 Å². The third kappa shape index (κ3) is 1.74. The molecule has 1 aliphatic rings. The lowest BCUT2D eigenvalue weighted by atomic mass is 9.92. The zero-order valence-electron chi connectivity index (χ0n) is 9.38. The van der Waals surface area contributed by atoms with Gasteiger partial charge in [0.15, 0.2) is 0 Å². The molecular weight excluding hydrogens is 182 g/mol. The molecular formula is C10H17NO3. The summed E-state index contributed by atoms with van der Waals surface area (Å²) < 4.78 is 4.86. The molecule has 4 heteroatoms. The molecule has 2 amide bonds. The van der Waals surface area contributed by atoms with Gasteiger partial charge in [-0.3, -0.25) is 4.79 Å². The standard InChI is InChI=1S/C10H17NO3/c1-9(2,3)7(12)11-8(13)14-6-10(11,4)5/h6H2,1-5H3. The van der Waals surface area contributed by atoms with Gasteiger partial charge in [-0.15, -0.1) is 0 Å². The fourth-order valence-corrected chi connectivity index (χ4v) is 1.31. The van der Waals surface area contributed by atoms with E-state index in [-0.39, 0.29) is 12.5 Å². The van der Waals surface area contributed by atoms with Crippen LogP contribution in [0.4, 0.5) is 4.79 Å². The molecule has 0 N–H and O–H groups in total. The van der Waals surface area contributed by atoms with Crippen molar-refractivity contribution in [3.8, 4) is 0 Å². The van der Waals surface area contributed by atoms with Gasteiger partial charge >= 0.3 is 6.09 Å². The van der Waals surface area contributed by atoms with Crippen LogP contribution in [0.3, 0.4) is 0 Å². The van der Waals surface area contributed by atoms with Crippen LogP contribution in [-0.2, 0) is 9.53 Å². The third-order valence-corrected chi connectivity index (χ3v) is 2.18. The van der Waals surface area contributed by atoms with Crippen molar-refractivity contribution in [2.45, 2.75) is 40.2 Å². The Labute approximate surface area is 84.2 Å². The normalized spacial score (nSPS) is 20.9. The zero-order chi connectivity index (χ0) is 11.1. The van der Waals surface area contributed by atoms with E-state index < -0.39 is 17.0 Å². The number of carbonyl (C=O) groups is 2. The van der Waals surface area contributed by atoms with Crippen LogP contribution in [0.2, 0.25) is 0 Å². The first-order valence-corrected chi connectivity index (χ1v) is 4.68. The number of nitrogens with zero attached hydrogens (tertiary/aromatic N) is 1. The van der Waals surface area contributed by atoms with Crippen molar-refractivity contribution in [2.24, 2.45) is 5.41 Å². The summed E-state index contributed by atoms with van der Waals surface area (Å²) in [6.07, 6.45) is -0.532. The molecule has 0 aromatic rings. The summed E-state index contributed by atoms with van der Waals surface area (Å²) in [5, 5.41) is 0. The highest BCUT2D eigenvalue weighted by atomic mass is 16.6. The van der Waals surface area contributed by atoms with Gasteiger partial charge in [-0.1, -0.05) is 20.8 Å². The van der Waals surface area contributed by atoms with Crippen LogP contribution in [0.5, 0.6) is 0 Å². The van der Waals surface area contributed by atoms with Crippen molar-refractivity contribution >= 4 is 12.0 Å². The van der Waals surface area contributed by atoms with Crippen LogP contribution in [0, 0.1) is 5.41 Å². The number of rotatable bonds is 0. The minimum Gasteiger partial charge on any atom is -0.447 e. The van der Waals surface area contributed by atoms with Crippen molar-refractivity contribution < 1.29 is 14.3 Å². The molecule has 0 unspecified atom stereocenters. The number of imide groups is 1. The van der Waals surface area contributed by atoms with Gasteiger partial charge in [-0.25, -0.2) is 9.69 Å². The van der Waals surface area contributed by atoms with Gasteiger partial charge in [0.2, 0.25) is 5.91 Å². The Morgan fingerprint density at radius 2 is 1.93 bits per heavy atom. The van der Waals surface area contributed by atoms with E-state index in [1.54, 1.807) is 20.8 Å². The summed E-state index contributed by atoms with van der Waals surface area (Å²) in [4.78, 5) is 24.5. The van der Waals surface area contributed by atoms with E-state index >= 15 is 0 Å². The molecule has 80 valence electrons. The molecule has 0 bridgehead atoms. The summed E-state index contributed by atoms with van der Waals surface area (Å²) in [5.74, 6) is -0.190. The number of amides is 2. The first kappa shape index (κ1) is 11.0. The Morgan fingerprint density at radius 3 is 2.21 bits per heavy atom. The average Bonchev–Trinajstić information content (AvgIpc) is 2.23. The SMILES string of the molecule is CC(C)(C)C(=O)N1C(=O)OCC1(C)C. The average molecular weight is 199 g/mol. The number of cyclic esters (lactones) is 1. The smallest absolute Gasteiger partial charge is 0.417 e. The second-order valence-electron chi connectivity index (χ2n) is 5.26. The first-order valence-electron chi connectivity index (χ1n) is 4.68. The quantitative estimate of drug-likeness (QED) is 0.597. The maximum atomic E-state index is 11.9. The lowest BCUT2D eigenvalue weighted by Crippen LogP contribution is -2.50. The van der Waals surface area contributed by atoms with Crippen molar-refractivity contribution in [3.05, 3.63) is 0 Å². The zero-order valence-corrected chi connectivity index (χ0v) is 9.38. The predicted molar refractivity (Wildman–Crippen MR) is 51.7 cm³/mol. The van der Waals surface area contributed by atoms with Crippen LogP contribution in [0.1, 0.15) is 34.6 Å². The summed E-state index contributed by atoms with van der Waals surface area (Å²) >= 11 is 0. The van der Waals surface area contributed by atoms with Gasteiger partial charge in [-0.2, -0.15) is 0 Å². The molecule has 1 saturated heterocycles. The highest BCUT2D eigenvalue weighted by Crippen LogP contribution is 2.29. The van der Waals surface area contributed by atoms with Gasteiger partial charge in [0.1, 0.15) is 6.61 Å². The summed E-state index contributed by atoms with van der Waals surface area (Å²) in [6.45, 7) is 9.28.